The lowest BCUT2D eigenvalue weighted by atomic mass is 9.82. The average molecular weight is 259 g/mol. The van der Waals surface area contributed by atoms with Crippen LogP contribution in [-0.2, 0) is 10.8 Å². The first kappa shape index (κ1) is 13.9. The summed E-state index contributed by atoms with van der Waals surface area (Å²) in [6, 6.07) is 8.63. The molecule has 0 nitrogen and oxygen atoms in total. The molecule has 0 saturated carbocycles. The van der Waals surface area contributed by atoms with E-state index < -0.39 is 0 Å². The van der Waals surface area contributed by atoms with Crippen molar-refractivity contribution in [3.8, 4) is 0 Å². The summed E-state index contributed by atoms with van der Waals surface area (Å²) in [7, 11) is 0. The molecule has 0 N–H and O–H groups in total. The fourth-order valence-corrected chi connectivity index (χ4v) is 1.84. The Morgan fingerprint density at radius 1 is 0.750 bits per heavy atom. The SMILES string of the molecule is CC(C)(CCl)c1ccc(C(C)(C)CCl)cc1. The molecule has 0 atom stereocenters. The predicted molar refractivity (Wildman–Crippen MR) is 73.9 cm³/mol. The molecule has 0 amide bonds. The first-order valence-electron chi connectivity index (χ1n) is 5.56. The summed E-state index contributed by atoms with van der Waals surface area (Å²) < 4.78 is 0. The topological polar surface area (TPSA) is 0 Å². The Labute approximate surface area is 109 Å². The van der Waals surface area contributed by atoms with Gasteiger partial charge in [-0.15, -0.1) is 23.2 Å². The molecule has 0 bridgehead atoms. The lowest BCUT2D eigenvalue weighted by Gasteiger charge is -2.25. The summed E-state index contributed by atoms with van der Waals surface area (Å²) in [5.74, 6) is 1.26. The van der Waals surface area contributed by atoms with Gasteiger partial charge in [0.1, 0.15) is 0 Å². The van der Waals surface area contributed by atoms with Gasteiger partial charge in [-0.05, 0) is 11.1 Å². The molecule has 1 aromatic carbocycles. The van der Waals surface area contributed by atoms with E-state index in [4.69, 9.17) is 23.2 Å². The van der Waals surface area contributed by atoms with Crippen molar-refractivity contribution in [2.45, 2.75) is 38.5 Å². The summed E-state index contributed by atoms with van der Waals surface area (Å²) in [5.41, 5.74) is 2.62. The molecule has 2 heteroatoms. The number of alkyl halides is 2. The molecule has 0 fully saturated rings. The minimum absolute atomic E-state index is 0.0329. The van der Waals surface area contributed by atoms with E-state index in [-0.39, 0.29) is 10.8 Å². The van der Waals surface area contributed by atoms with Crippen molar-refractivity contribution in [1.29, 1.82) is 0 Å². The summed E-state index contributed by atoms with van der Waals surface area (Å²) in [6.45, 7) is 8.62. The molecule has 0 aliphatic rings. The van der Waals surface area contributed by atoms with Crippen LogP contribution >= 0.6 is 23.2 Å². The molecule has 0 unspecified atom stereocenters. The van der Waals surface area contributed by atoms with Gasteiger partial charge in [0.15, 0.2) is 0 Å². The van der Waals surface area contributed by atoms with Crippen molar-refractivity contribution in [3.05, 3.63) is 35.4 Å². The largest absolute Gasteiger partial charge is 0.126 e. The van der Waals surface area contributed by atoms with Crippen molar-refractivity contribution in [1.82, 2.24) is 0 Å². The second-order valence-electron chi connectivity index (χ2n) is 5.61. The monoisotopic (exact) mass is 258 g/mol. The Morgan fingerprint density at radius 3 is 1.19 bits per heavy atom. The molecule has 16 heavy (non-hydrogen) atoms. The lowest BCUT2D eigenvalue weighted by Crippen LogP contribution is -2.21. The van der Waals surface area contributed by atoms with Crippen LogP contribution in [0.5, 0.6) is 0 Å². The summed E-state index contributed by atoms with van der Waals surface area (Å²) in [6.07, 6.45) is 0. The zero-order chi connectivity index (χ0) is 12.4. The molecule has 0 spiro atoms. The molecule has 0 heterocycles. The van der Waals surface area contributed by atoms with Gasteiger partial charge < -0.3 is 0 Å². The van der Waals surface area contributed by atoms with Crippen LogP contribution < -0.4 is 0 Å². The highest BCUT2D eigenvalue weighted by Crippen LogP contribution is 2.29. The van der Waals surface area contributed by atoms with E-state index in [0.717, 1.165) is 0 Å². The number of halogens is 2. The van der Waals surface area contributed by atoms with Crippen molar-refractivity contribution >= 4 is 23.2 Å². The van der Waals surface area contributed by atoms with E-state index in [0.29, 0.717) is 11.8 Å². The maximum Gasteiger partial charge on any atom is 0.0315 e. The summed E-state index contributed by atoms with van der Waals surface area (Å²) >= 11 is 11.9. The van der Waals surface area contributed by atoms with E-state index in [1.165, 1.54) is 11.1 Å². The van der Waals surface area contributed by atoms with E-state index in [1.807, 2.05) is 0 Å². The molecule has 90 valence electrons. The van der Waals surface area contributed by atoms with Crippen molar-refractivity contribution in [2.24, 2.45) is 0 Å². The fraction of sp³-hybridized carbons (Fsp3) is 0.571. The van der Waals surface area contributed by atoms with Gasteiger partial charge in [-0.2, -0.15) is 0 Å². The quantitative estimate of drug-likeness (QED) is 0.686. The first-order valence-corrected chi connectivity index (χ1v) is 6.63. The van der Waals surface area contributed by atoms with E-state index >= 15 is 0 Å². The second kappa shape index (κ2) is 4.98. The normalized spacial score (nSPS) is 12.9. The van der Waals surface area contributed by atoms with E-state index in [1.54, 1.807) is 0 Å². The zero-order valence-corrected chi connectivity index (χ0v) is 12.0. The highest BCUT2D eigenvalue weighted by atomic mass is 35.5. The molecule has 1 aromatic rings. The lowest BCUT2D eigenvalue weighted by molar-refractivity contribution is 0.584. The van der Waals surface area contributed by atoms with Crippen LogP contribution in [-0.4, -0.2) is 11.8 Å². The van der Waals surface area contributed by atoms with Crippen molar-refractivity contribution in [2.75, 3.05) is 11.8 Å². The van der Waals surface area contributed by atoms with Crippen LogP contribution in [0.25, 0.3) is 0 Å². The molecule has 0 aliphatic heterocycles. The minimum atomic E-state index is 0.0329. The highest BCUT2D eigenvalue weighted by Gasteiger charge is 2.22. The van der Waals surface area contributed by atoms with Gasteiger partial charge in [-0.25, -0.2) is 0 Å². The third-order valence-electron chi connectivity index (χ3n) is 3.12. The Balaban J connectivity index is 3.00. The van der Waals surface area contributed by atoms with Crippen molar-refractivity contribution < 1.29 is 0 Å². The molecule has 0 radical (unpaired) electrons. The van der Waals surface area contributed by atoms with Gasteiger partial charge in [0, 0.05) is 22.6 Å². The van der Waals surface area contributed by atoms with Crippen LogP contribution in [0.3, 0.4) is 0 Å². The molecule has 0 aromatic heterocycles. The first-order chi connectivity index (χ1) is 7.33. The van der Waals surface area contributed by atoms with E-state index in [2.05, 4.69) is 52.0 Å². The van der Waals surface area contributed by atoms with Crippen LogP contribution in [0, 0.1) is 0 Å². The van der Waals surface area contributed by atoms with Crippen molar-refractivity contribution in [3.63, 3.8) is 0 Å². The summed E-state index contributed by atoms with van der Waals surface area (Å²) in [5, 5.41) is 0. The fourth-order valence-electron chi connectivity index (χ4n) is 1.53. The predicted octanol–water partition coefficient (Wildman–Crippen LogP) is 4.72. The molecule has 0 saturated heterocycles. The highest BCUT2D eigenvalue weighted by molar-refractivity contribution is 6.19. The number of hydrogen-bond acceptors (Lipinski definition) is 0. The molecular weight excluding hydrogens is 239 g/mol. The van der Waals surface area contributed by atoms with Gasteiger partial charge in [0.2, 0.25) is 0 Å². The number of rotatable bonds is 4. The molecular formula is C14H20Cl2. The number of benzene rings is 1. The van der Waals surface area contributed by atoms with Crippen LogP contribution in [0.4, 0.5) is 0 Å². The molecule has 1 rings (SSSR count). The second-order valence-corrected chi connectivity index (χ2v) is 6.15. The Hall–Kier alpha value is -0.200. The van der Waals surface area contributed by atoms with E-state index in [9.17, 15) is 0 Å². The average Bonchev–Trinajstić information content (AvgIpc) is 2.29. The van der Waals surface area contributed by atoms with Gasteiger partial charge >= 0.3 is 0 Å². The Bertz CT molecular complexity index is 301. The van der Waals surface area contributed by atoms with Gasteiger partial charge in [0.25, 0.3) is 0 Å². The van der Waals surface area contributed by atoms with Gasteiger partial charge in [-0.1, -0.05) is 52.0 Å². The van der Waals surface area contributed by atoms with Gasteiger partial charge in [0.05, 0.1) is 0 Å². The maximum atomic E-state index is 5.96. The summed E-state index contributed by atoms with van der Waals surface area (Å²) in [4.78, 5) is 0. The van der Waals surface area contributed by atoms with Crippen LogP contribution in [0.1, 0.15) is 38.8 Å². The third-order valence-corrected chi connectivity index (χ3v) is 4.45. The third kappa shape index (κ3) is 2.93. The minimum Gasteiger partial charge on any atom is -0.126 e. The Kier molecular flexibility index (Phi) is 4.31. The number of hydrogen-bond donors (Lipinski definition) is 0. The van der Waals surface area contributed by atoms with Crippen LogP contribution in [0.15, 0.2) is 24.3 Å². The van der Waals surface area contributed by atoms with Gasteiger partial charge in [-0.3, -0.25) is 0 Å². The zero-order valence-electron chi connectivity index (χ0n) is 10.5. The Morgan fingerprint density at radius 2 is 1.00 bits per heavy atom. The maximum absolute atomic E-state index is 5.96. The smallest absolute Gasteiger partial charge is 0.0315 e. The molecule has 0 aliphatic carbocycles. The van der Waals surface area contributed by atoms with Crippen LogP contribution in [0.2, 0.25) is 0 Å². The standard InChI is InChI=1S/C14H20Cl2/c1-13(2,9-15)11-5-7-12(8-6-11)14(3,4)10-16/h5-8H,9-10H2,1-4H3.